The number of hydrogen-bond acceptors (Lipinski definition) is 3. The van der Waals surface area contributed by atoms with Crippen LogP contribution in [0.3, 0.4) is 0 Å². The fourth-order valence-electron chi connectivity index (χ4n) is 1.84. The normalized spacial score (nSPS) is 28.5. The second kappa shape index (κ2) is 5.91. The lowest BCUT2D eigenvalue weighted by Gasteiger charge is -2.10. The first-order valence-corrected chi connectivity index (χ1v) is 5.64. The number of rotatable bonds is 5. The SMILES string of the molecule is CCCCC/C=C1/C(=O)O[C@@H](C)[C@@H]1OC. The first kappa shape index (κ1) is 12.2. The van der Waals surface area contributed by atoms with Crippen molar-refractivity contribution in [1.29, 1.82) is 0 Å². The predicted molar refractivity (Wildman–Crippen MR) is 58.6 cm³/mol. The lowest BCUT2D eigenvalue weighted by Crippen LogP contribution is -2.20. The first-order valence-electron chi connectivity index (χ1n) is 5.64. The van der Waals surface area contributed by atoms with E-state index < -0.39 is 0 Å². The third-order valence-corrected chi connectivity index (χ3v) is 2.69. The van der Waals surface area contributed by atoms with Gasteiger partial charge < -0.3 is 9.47 Å². The molecule has 86 valence electrons. The smallest absolute Gasteiger partial charge is 0.336 e. The second-order valence-corrected chi connectivity index (χ2v) is 3.92. The second-order valence-electron chi connectivity index (χ2n) is 3.92. The van der Waals surface area contributed by atoms with E-state index >= 15 is 0 Å². The van der Waals surface area contributed by atoms with Crippen molar-refractivity contribution in [3.63, 3.8) is 0 Å². The summed E-state index contributed by atoms with van der Waals surface area (Å²) in [5.41, 5.74) is 0.695. The van der Waals surface area contributed by atoms with Gasteiger partial charge in [-0.15, -0.1) is 0 Å². The number of esters is 1. The molecule has 1 heterocycles. The van der Waals surface area contributed by atoms with Crippen molar-refractivity contribution >= 4 is 5.97 Å². The Morgan fingerprint density at radius 1 is 1.47 bits per heavy atom. The Bertz CT molecular complexity index is 245. The monoisotopic (exact) mass is 212 g/mol. The Hall–Kier alpha value is -0.830. The van der Waals surface area contributed by atoms with E-state index in [0.29, 0.717) is 5.57 Å². The number of allylic oxidation sites excluding steroid dienone is 1. The molecule has 1 aliphatic rings. The van der Waals surface area contributed by atoms with Crippen LogP contribution in [0, 0.1) is 0 Å². The molecule has 0 unspecified atom stereocenters. The molecule has 3 heteroatoms. The fraction of sp³-hybridized carbons (Fsp3) is 0.750. The van der Waals surface area contributed by atoms with Gasteiger partial charge in [0.05, 0.1) is 5.57 Å². The van der Waals surface area contributed by atoms with Crippen LogP contribution in [0.5, 0.6) is 0 Å². The van der Waals surface area contributed by atoms with Crippen molar-refractivity contribution in [2.24, 2.45) is 0 Å². The zero-order valence-electron chi connectivity index (χ0n) is 9.79. The molecule has 1 fully saturated rings. The van der Waals surface area contributed by atoms with Gasteiger partial charge in [-0.05, 0) is 19.8 Å². The molecule has 0 N–H and O–H groups in total. The van der Waals surface area contributed by atoms with Gasteiger partial charge in [-0.3, -0.25) is 0 Å². The molecule has 1 rings (SSSR count). The van der Waals surface area contributed by atoms with Gasteiger partial charge in [-0.25, -0.2) is 4.79 Å². The van der Waals surface area contributed by atoms with Gasteiger partial charge in [0.15, 0.2) is 0 Å². The maximum Gasteiger partial charge on any atom is 0.336 e. The average molecular weight is 212 g/mol. The van der Waals surface area contributed by atoms with E-state index in [-0.39, 0.29) is 18.2 Å². The van der Waals surface area contributed by atoms with Crippen LogP contribution in [0.25, 0.3) is 0 Å². The molecule has 1 saturated heterocycles. The number of cyclic esters (lactones) is 1. The van der Waals surface area contributed by atoms with E-state index in [1.807, 2.05) is 13.0 Å². The van der Waals surface area contributed by atoms with Gasteiger partial charge in [0, 0.05) is 7.11 Å². The van der Waals surface area contributed by atoms with Crippen molar-refractivity contribution in [2.45, 2.75) is 51.7 Å². The third kappa shape index (κ3) is 3.06. The summed E-state index contributed by atoms with van der Waals surface area (Å²) in [7, 11) is 1.61. The summed E-state index contributed by atoms with van der Waals surface area (Å²) in [4.78, 5) is 11.4. The molecule has 15 heavy (non-hydrogen) atoms. The van der Waals surface area contributed by atoms with Gasteiger partial charge in [0.1, 0.15) is 12.2 Å². The Morgan fingerprint density at radius 3 is 2.80 bits per heavy atom. The van der Waals surface area contributed by atoms with Gasteiger partial charge >= 0.3 is 5.97 Å². The van der Waals surface area contributed by atoms with E-state index in [9.17, 15) is 4.79 Å². The van der Waals surface area contributed by atoms with Crippen molar-refractivity contribution in [3.8, 4) is 0 Å². The van der Waals surface area contributed by atoms with Crippen LogP contribution in [-0.2, 0) is 14.3 Å². The molecule has 1 aliphatic heterocycles. The minimum atomic E-state index is -0.217. The highest BCUT2D eigenvalue weighted by atomic mass is 16.6. The quantitative estimate of drug-likeness (QED) is 0.399. The highest BCUT2D eigenvalue weighted by Gasteiger charge is 2.36. The Morgan fingerprint density at radius 2 is 2.20 bits per heavy atom. The van der Waals surface area contributed by atoms with Gasteiger partial charge in [0.25, 0.3) is 0 Å². The molecule has 0 saturated carbocycles. The van der Waals surface area contributed by atoms with Crippen molar-refractivity contribution < 1.29 is 14.3 Å². The number of hydrogen-bond donors (Lipinski definition) is 0. The zero-order valence-corrected chi connectivity index (χ0v) is 9.79. The summed E-state index contributed by atoms with van der Waals surface area (Å²) in [6.07, 6.45) is 6.08. The summed E-state index contributed by atoms with van der Waals surface area (Å²) in [5, 5.41) is 0. The average Bonchev–Trinajstić information content (AvgIpc) is 2.48. The molecular formula is C12H20O3. The predicted octanol–water partition coefficient (Wildman–Crippen LogP) is 2.45. The van der Waals surface area contributed by atoms with Crippen molar-refractivity contribution in [3.05, 3.63) is 11.6 Å². The lowest BCUT2D eigenvalue weighted by molar-refractivity contribution is -0.139. The number of carbonyl (C=O) groups is 1. The fourth-order valence-corrected chi connectivity index (χ4v) is 1.84. The summed E-state index contributed by atoms with van der Waals surface area (Å²) in [6.45, 7) is 4.02. The number of carbonyl (C=O) groups excluding carboxylic acids is 1. The Kier molecular flexibility index (Phi) is 4.82. The third-order valence-electron chi connectivity index (χ3n) is 2.69. The number of ether oxygens (including phenoxy) is 2. The first-order chi connectivity index (χ1) is 7.20. The van der Waals surface area contributed by atoms with Gasteiger partial charge in [0.2, 0.25) is 0 Å². The molecule has 0 bridgehead atoms. The standard InChI is InChI=1S/C12H20O3/c1-4-5-6-7-8-10-11(14-3)9(2)15-12(10)13/h8-9,11H,4-7H2,1-3H3/b10-8+/t9-,11-/m0/s1. The summed E-state index contributed by atoms with van der Waals surface area (Å²) in [6, 6.07) is 0. The van der Waals surface area contributed by atoms with Crippen LogP contribution >= 0.6 is 0 Å². The maximum absolute atomic E-state index is 11.4. The zero-order chi connectivity index (χ0) is 11.3. The summed E-state index contributed by atoms with van der Waals surface area (Å²) < 4.78 is 10.4. The molecule has 3 nitrogen and oxygen atoms in total. The van der Waals surface area contributed by atoms with Crippen LogP contribution in [0.1, 0.15) is 39.5 Å². The molecule has 0 radical (unpaired) electrons. The molecule has 0 aromatic rings. The van der Waals surface area contributed by atoms with Gasteiger partial charge in [-0.1, -0.05) is 25.8 Å². The lowest BCUT2D eigenvalue weighted by atomic mass is 10.1. The molecule has 0 amide bonds. The molecular weight excluding hydrogens is 192 g/mol. The highest BCUT2D eigenvalue weighted by Crippen LogP contribution is 2.24. The molecule has 0 aromatic heterocycles. The van der Waals surface area contributed by atoms with E-state index in [1.165, 1.54) is 12.8 Å². The van der Waals surface area contributed by atoms with Crippen LogP contribution in [0.2, 0.25) is 0 Å². The van der Waals surface area contributed by atoms with E-state index in [0.717, 1.165) is 12.8 Å². The van der Waals surface area contributed by atoms with E-state index in [4.69, 9.17) is 9.47 Å². The van der Waals surface area contributed by atoms with Crippen LogP contribution in [0.4, 0.5) is 0 Å². The summed E-state index contributed by atoms with van der Waals surface area (Å²) in [5.74, 6) is -0.217. The minimum absolute atomic E-state index is 0.153. The molecule has 0 aromatic carbocycles. The summed E-state index contributed by atoms with van der Waals surface area (Å²) >= 11 is 0. The number of unbranched alkanes of at least 4 members (excludes halogenated alkanes) is 3. The van der Waals surface area contributed by atoms with E-state index in [1.54, 1.807) is 7.11 Å². The molecule has 2 atom stereocenters. The molecule has 0 aliphatic carbocycles. The van der Waals surface area contributed by atoms with Crippen molar-refractivity contribution in [1.82, 2.24) is 0 Å². The Balaban J connectivity index is 2.53. The Labute approximate surface area is 91.4 Å². The largest absolute Gasteiger partial charge is 0.456 e. The van der Waals surface area contributed by atoms with Crippen LogP contribution in [0.15, 0.2) is 11.6 Å². The van der Waals surface area contributed by atoms with E-state index in [2.05, 4.69) is 6.92 Å². The minimum Gasteiger partial charge on any atom is -0.456 e. The van der Waals surface area contributed by atoms with Crippen LogP contribution in [-0.4, -0.2) is 25.3 Å². The van der Waals surface area contributed by atoms with Crippen LogP contribution < -0.4 is 0 Å². The highest BCUT2D eigenvalue weighted by molar-refractivity contribution is 5.92. The molecule has 0 spiro atoms. The topological polar surface area (TPSA) is 35.5 Å². The van der Waals surface area contributed by atoms with Crippen molar-refractivity contribution in [2.75, 3.05) is 7.11 Å². The number of methoxy groups -OCH3 is 1. The maximum atomic E-state index is 11.4. The van der Waals surface area contributed by atoms with Gasteiger partial charge in [-0.2, -0.15) is 0 Å².